The Kier molecular flexibility index (Phi) is 2.84. The second-order valence-corrected chi connectivity index (χ2v) is 6.93. The topological polar surface area (TPSA) is 64.9 Å². The van der Waals surface area contributed by atoms with Crippen LogP contribution in [0.15, 0.2) is 27.2 Å². The van der Waals surface area contributed by atoms with Gasteiger partial charge in [0, 0.05) is 21.6 Å². The minimum atomic E-state index is 0.496. The first-order valence-corrected chi connectivity index (χ1v) is 7.88. The van der Waals surface area contributed by atoms with Gasteiger partial charge in [-0.3, -0.25) is 0 Å². The van der Waals surface area contributed by atoms with Crippen molar-refractivity contribution in [2.75, 3.05) is 5.73 Å². The van der Waals surface area contributed by atoms with Gasteiger partial charge in [0.05, 0.1) is 0 Å². The maximum Gasteiger partial charge on any atom is 0.258 e. The van der Waals surface area contributed by atoms with Gasteiger partial charge in [-0.25, -0.2) is 0 Å². The summed E-state index contributed by atoms with van der Waals surface area (Å²) in [6.07, 6.45) is 5.28. The summed E-state index contributed by atoms with van der Waals surface area (Å²) in [5.41, 5.74) is 7.42. The zero-order valence-electron chi connectivity index (χ0n) is 11.1. The van der Waals surface area contributed by atoms with Crippen LogP contribution in [-0.4, -0.2) is 10.1 Å². The average Bonchev–Trinajstić information content (AvgIpc) is 3.13. The van der Waals surface area contributed by atoms with E-state index in [2.05, 4.69) is 26.1 Å². The van der Waals surface area contributed by atoms with E-state index in [1.165, 1.54) is 25.7 Å². The lowest BCUT2D eigenvalue weighted by atomic mass is 9.88. The number of fused-ring (bicyclic) bond motifs is 2. The van der Waals surface area contributed by atoms with Crippen molar-refractivity contribution in [2.24, 2.45) is 11.8 Å². The molecule has 0 amide bonds. The highest BCUT2D eigenvalue weighted by atomic mass is 79.9. The van der Waals surface area contributed by atoms with Crippen LogP contribution in [0.3, 0.4) is 0 Å². The number of hydrogen-bond donors (Lipinski definition) is 1. The van der Waals surface area contributed by atoms with Crippen molar-refractivity contribution in [1.29, 1.82) is 0 Å². The molecular formula is C15H16BrN3O. The highest BCUT2D eigenvalue weighted by Crippen LogP contribution is 2.52. The molecule has 0 saturated heterocycles. The molecule has 2 fully saturated rings. The van der Waals surface area contributed by atoms with Gasteiger partial charge in [0.2, 0.25) is 0 Å². The molecule has 2 aromatic rings. The molecule has 104 valence electrons. The average molecular weight is 334 g/mol. The molecule has 4 nitrogen and oxygen atoms in total. The Balaban J connectivity index is 1.65. The Morgan fingerprint density at radius 2 is 2.10 bits per heavy atom. The van der Waals surface area contributed by atoms with Crippen LogP contribution in [0.2, 0.25) is 0 Å². The molecule has 0 aliphatic heterocycles. The van der Waals surface area contributed by atoms with Gasteiger partial charge in [-0.1, -0.05) is 27.5 Å². The van der Waals surface area contributed by atoms with E-state index in [-0.39, 0.29) is 0 Å². The number of nitrogens with zero attached hydrogens (tertiary/aromatic N) is 2. The van der Waals surface area contributed by atoms with Crippen molar-refractivity contribution in [2.45, 2.75) is 31.6 Å². The standard InChI is InChI=1S/C15H16BrN3O/c16-11-5-10(6-12(17)7-11)15-18-14(19-20-15)13-4-8-1-2-9(13)3-8/h5-9,13H,1-4,17H2. The van der Waals surface area contributed by atoms with E-state index in [0.29, 0.717) is 17.5 Å². The second-order valence-electron chi connectivity index (χ2n) is 6.01. The van der Waals surface area contributed by atoms with E-state index >= 15 is 0 Å². The molecule has 1 heterocycles. The van der Waals surface area contributed by atoms with Crippen LogP contribution in [0.25, 0.3) is 11.5 Å². The molecule has 2 bridgehead atoms. The number of halogens is 1. The number of aromatic nitrogens is 2. The van der Waals surface area contributed by atoms with Crippen LogP contribution in [0.1, 0.15) is 37.4 Å². The van der Waals surface area contributed by atoms with E-state index in [1.54, 1.807) is 0 Å². The minimum Gasteiger partial charge on any atom is -0.399 e. The smallest absolute Gasteiger partial charge is 0.258 e. The summed E-state index contributed by atoms with van der Waals surface area (Å²) in [4.78, 5) is 4.61. The van der Waals surface area contributed by atoms with Crippen LogP contribution in [0.5, 0.6) is 0 Å². The lowest BCUT2D eigenvalue weighted by molar-refractivity contribution is 0.372. The Morgan fingerprint density at radius 1 is 1.20 bits per heavy atom. The van der Waals surface area contributed by atoms with Crippen molar-refractivity contribution in [3.8, 4) is 11.5 Å². The molecule has 1 aromatic heterocycles. The third-order valence-corrected chi connectivity index (χ3v) is 5.14. The van der Waals surface area contributed by atoms with Crippen LogP contribution in [0, 0.1) is 11.8 Å². The largest absolute Gasteiger partial charge is 0.399 e. The number of nitrogen functional groups attached to an aromatic ring is 1. The molecule has 2 N–H and O–H groups in total. The first-order valence-electron chi connectivity index (χ1n) is 7.09. The fourth-order valence-corrected chi connectivity index (χ4v) is 4.31. The van der Waals surface area contributed by atoms with Crippen LogP contribution < -0.4 is 5.73 Å². The third-order valence-electron chi connectivity index (χ3n) is 4.68. The normalized spacial score (nSPS) is 28.1. The molecule has 3 unspecified atom stereocenters. The van der Waals surface area contributed by atoms with Gasteiger partial charge in [0.15, 0.2) is 5.82 Å². The van der Waals surface area contributed by atoms with Gasteiger partial charge in [-0.05, 0) is 49.3 Å². The highest BCUT2D eigenvalue weighted by Gasteiger charge is 2.42. The van der Waals surface area contributed by atoms with Gasteiger partial charge in [0.25, 0.3) is 5.89 Å². The molecule has 4 rings (SSSR count). The van der Waals surface area contributed by atoms with Gasteiger partial charge >= 0.3 is 0 Å². The van der Waals surface area contributed by atoms with Gasteiger partial charge in [-0.15, -0.1) is 0 Å². The zero-order valence-corrected chi connectivity index (χ0v) is 12.6. The maximum absolute atomic E-state index is 5.86. The zero-order chi connectivity index (χ0) is 13.7. The van der Waals surface area contributed by atoms with E-state index in [0.717, 1.165) is 27.7 Å². The van der Waals surface area contributed by atoms with Crippen molar-refractivity contribution < 1.29 is 4.52 Å². The number of anilines is 1. The summed E-state index contributed by atoms with van der Waals surface area (Å²) in [6, 6.07) is 5.67. The number of hydrogen-bond acceptors (Lipinski definition) is 4. The Labute approximate surface area is 125 Å². The monoisotopic (exact) mass is 333 g/mol. The van der Waals surface area contributed by atoms with E-state index in [4.69, 9.17) is 10.3 Å². The summed E-state index contributed by atoms with van der Waals surface area (Å²) in [5, 5.41) is 4.21. The Hall–Kier alpha value is -1.36. The number of rotatable bonds is 2. The molecule has 3 atom stereocenters. The molecule has 5 heteroatoms. The van der Waals surface area contributed by atoms with Crippen LogP contribution in [0.4, 0.5) is 5.69 Å². The Bertz CT molecular complexity index is 634. The molecule has 0 radical (unpaired) electrons. The van der Waals surface area contributed by atoms with E-state index in [9.17, 15) is 0 Å². The van der Waals surface area contributed by atoms with E-state index in [1.807, 2.05) is 18.2 Å². The van der Waals surface area contributed by atoms with Crippen molar-refractivity contribution in [3.05, 3.63) is 28.5 Å². The first-order chi connectivity index (χ1) is 9.69. The Morgan fingerprint density at radius 3 is 2.80 bits per heavy atom. The summed E-state index contributed by atoms with van der Waals surface area (Å²) in [5.74, 6) is 3.59. The lowest BCUT2D eigenvalue weighted by Crippen LogP contribution is -2.09. The quantitative estimate of drug-likeness (QED) is 0.844. The summed E-state index contributed by atoms with van der Waals surface area (Å²) < 4.78 is 6.37. The molecule has 1 aromatic carbocycles. The fourth-order valence-electron chi connectivity index (χ4n) is 3.80. The second kappa shape index (κ2) is 4.58. The van der Waals surface area contributed by atoms with Crippen molar-refractivity contribution >= 4 is 21.6 Å². The summed E-state index contributed by atoms with van der Waals surface area (Å²) >= 11 is 3.44. The fraction of sp³-hybridized carbons (Fsp3) is 0.467. The van der Waals surface area contributed by atoms with E-state index < -0.39 is 0 Å². The molecule has 2 aliphatic rings. The number of benzene rings is 1. The first kappa shape index (κ1) is 12.4. The maximum atomic E-state index is 5.86. The minimum absolute atomic E-state index is 0.496. The number of nitrogens with two attached hydrogens (primary N) is 1. The molecular weight excluding hydrogens is 318 g/mol. The van der Waals surface area contributed by atoms with Crippen molar-refractivity contribution in [1.82, 2.24) is 10.1 Å². The van der Waals surface area contributed by atoms with Crippen LogP contribution >= 0.6 is 15.9 Å². The van der Waals surface area contributed by atoms with Crippen LogP contribution in [-0.2, 0) is 0 Å². The molecule has 20 heavy (non-hydrogen) atoms. The summed E-state index contributed by atoms with van der Waals surface area (Å²) in [6.45, 7) is 0. The lowest BCUT2D eigenvalue weighted by Gasteiger charge is -2.17. The van der Waals surface area contributed by atoms with Gasteiger partial charge in [-0.2, -0.15) is 4.98 Å². The van der Waals surface area contributed by atoms with Gasteiger partial charge < -0.3 is 10.3 Å². The predicted molar refractivity (Wildman–Crippen MR) is 80.0 cm³/mol. The van der Waals surface area contributed by atoms with Crippen molar-refractivity contribution in [3.63, 3.8) is 0 Å². The molecule has 0 spiro atoms. The SMILES string of the molecule is Nc1cc(Br)cc(-c2nc(C3CC4CCC3C4)no2)c1. The molecule has 2 aliphatic carbocycles. The highest BCUT2D eigenvalue weighted by molar-refractivity contribution is 9.10. The predicted octanol–water partition coefficient (Wildman–Crippen LogP) is 3.98. The molecule has 2 saturated carbocycles. The van der Waals surface area contributed by atoms with Gasteiger partial charge in [0.1, 0.15) is 0 Å². The third kappa shape index (κ3) is 2.04. The summed E-state index contributed by atoms with van der Waals surface area (Å²) in [7, 11) is 0.